The predicted molar refractivity (Wildman–Crippen MR) is 117 cm³/mol. The van der Waals surface area contributed by atoms with Crippen LogP contribution < -0.4 is 11.2 Å². The molecule has 4 rings (SSSR count). The Balaban J connectivity index is 1.90. The number of nitrogens with zero attached hydrogens (tertiary/aromatic N) is 4. The second-order valence-electron chi connectivity index (χ2n) is 7.60. The zero-order valence-corrected chi connectivity index (χ0v) is 17.8. The largest absolute Gasteiger partial charge is 0.465 e. The molecule has 0 bridgehead atoms. The fraction of sp³-hybridized carbons (Fsp3) is 0.217. The molecule has 2 aromatic carbocycles. The third-order valence-electron chi connectivity index (χ3n) is 5.16. The van der Waals surface area contributed by atoms with E-state index in [0.717, 1.165) is 10.1 Å². The van der Waals surface area contributed by atoms with Gasteiger partial charge in [0.05, 0.1) is 24.7 Å². The summed E-state index contributed by atoms with van der Waals surface area (Å²) < 4.78 is 22.6. The van der Waals surface area contributed by atoms with E-state index in [9.17, 15) is 18.8 Å². The fourth-order valence-electron chi connectivity index (χ4n) is 3.64. The van der Waals surface area contributed by atoms with E-state index in [2.05, 4.69) is 4.98 Å². The number of ether oxygens (including phenoxy) is 1. The van der Waals surface area contributed by atoms with E-state index in [1.165, 1.54) is 36.2 Å². The van der Waals surface area contributed by atoms with Crippen molar-refractivity contribution in [3.8, 4) is 5.69 Å². The Bertz CT molecular complexity index is 1430. The molecule has 0 radical (unpaired) electrons. The van der Waals surface area contributed by atoms with Gasteiger partial charge in [-0.3, -0.25) is 9.36 Å². The molecule has 0 aliphatic rings. The minimum Gasteiger partial charge on any atom is -0.465 e. The van der Waals surface area contributed by atoms with Gasteiger partial charge in [-0.1, -0.05) is 18.2 Å². The lowest BCUT2D eigenvalue weighted by atomic mass is 10.1. The molecule has 9 heteroatoms. The summed E-state index contributed by atoms with van der Waals surface area (Å²) in [6.45, 7) is 3.75. The van der Waals surface area contributed by atoms with Crippen molar-refractivity contribution in [1.29, 1.82) is 0 Å². The lowest BCUT2D eigenvalue weighted by molar-refractivity contribution is 0.0600. The second-order valence-corrected chi connectivity index (χ2v) is 7.60. The van der Waals surface area contributed by atoms with Crippen LogP contribution in [0.2, 0.25) is 0 Å². The summed E-state index contributed by atoms with van der Waals surface area (Å²) >= 11 is 0. The molecule has 164 valence electrons. The second kappa shape index (κ2) is 8.26. The highest BCUT2D eigenvalue weighted by Crippen LogP contribution is 2.17. The van der Waals surface area contributed by atoms with Crippen molar-refractivity contribution >= 4 is 17.1 Å². The molecule has 2 heterocycles. The lowest BCUT2D eigenvalue weighted by Crippen LogP contribution is -2.41. The number of hydrogen-bond donors (Lipinski definition) is 0. The highest BCUT2D eigenvalue weighted by atomic mass is 19.1. The van der Waals surface area contributed by atoms with Gasteiger partial charge in [-0.25, -0.2) is 23.5 Å². The molecule has 0 spiro atoms. The quantitative estimate of drug-likeness (QED) is 0.449. The van der Waals surface area contributed by atoms with Gasteiger partial charge in [-0.2, -0.15) is 0 Å². The summed E-state index contributed by atoms with van der Waals surface area (Å²) in [5.41, 5.74) is 0.812. The molecule has 0 aliphatic heterocycles. The Morgan fingerprint density at radius 1 is 1.12 bits per heavy atom. The van der Waals surface area contributed by atoms with Gasteiger partial charge in [0.25, 0.3) is 5.56 Å². The van der Waals surface area contributed by atoms with E-state index in [1.807, 2.05) is 0 Å². The van der Waals surface area contributed by atoms with Crippen molar-refractivity contribution in [2.24, 2.45) is 0 Å². The first-order chi connectivity index (χ1) is 15.3. The van der Waals surface area contributed by atoms with Gasteiger partial charge in [0.2, 0.25) is 0 Å². The van der Waals surface area contributed by atoms with Crippen molar-refractivity contribution in [2.75, 3.05) is 7.11 Å². The molecule has 0 unspecified atom stereocenters. The number of methoxy groups -OCH3 is 1. The van der Waals surface area contributed by atoms with E-state index in [0.29, 0.717) is 5.56 Å². The molecule has 0 saturated carbocycles. The maximum atomic E-state index is 13.9. The van der Waals surface area contributed by atoms with Gasteiger partial charge in [-0.15, -0.1) is 0 Å². The van der Waals surface area contributed by atoms with Crippen LogP contribution in [0.1, 0.15) is 35.8 Å². The van der Waals surface area contributed by atoms with Gasteiger partial charge in [0.15, 0.2) is 11.2 Å². The van der Waals surface area contributed by atoms with Crippen LogP contribution in [-0.2, 0) is 11.3 Å². The van der Waals surface area contributed by atoms with Gasteiger partial charge >= 0.3 is 11.7 Å². The van der Waals surface area contributed by atoms with Crippen LogP contribution in [-0.4, -0.2) is 31.8 Å². The van der Waals surface area contributed by atoms with Crippen molar-refractivity contribution in [3.05, 3.63) is 92.6 Å². The first kappa shape index (κ1) is 21.2. The van der Waals surface area contributed by atoms with E-state index in [-0.39, 0.29) is 23.4 Å². The van der Waals surface area contributed by atoms with Crippen molar-refractivity contribution in [3.63, 3.8) is 0 Å². The summed E-state index contributed by atoms with van der Waals surface area (Å²) in [6.07, 6.45) is 1.47. The molecule has 0 N–H and O–H groups in total. The van der Waals surface area contributed by atoms with Crippen LogP contribution >= 0.6 is 0 Å². The summed E-state index contributed by atoms with van der Waals surface area (Å²) in [4.78, 5) is 42.4. The van der Waals surface area contributed by atoms with Crippen LogP contribution in [0.3, 0.4) is 0 Å². The molecule has 0 aliphatic carbocycles. The van der Waals surface area contributed by atoms with Crippen molar-refractivity contribution < 1.29 is 13.9 Å². The number of benzene rings is 2. The number of imidazole rings is 1. The highest BCUT2D eigenvalue weighted by molar-refractivity contribution is 5.89. The van der Waals surface area contributed by atoms with Crippen LogP contribution in [0.25, 0.3) is 16.9 Å². The summed E-state index contributed by atoms with van der Waals surface area (Å²) in [5.74, 6) is -0.946. The summed E-state index contributed by atoms with van der Waals surface area (Å²) in [6, 6.07) is 11.9. The van der Waals surface area contributed by atoms with Crippen LogP contribution in [0.15, 0.2) is 64.4 Å². The Morgan fingerprint density at radius 3 is 2.47 bits per heavy atom. The Labute approximate surface area is 182 Å². The van der Waals surface area contributed by atoms with E-state index >= 15 is 0 Å². The van der Waals surface area contributed by atoms with Gasteiger partial charge < -0.3 is 9.30 Å². The summed E-state index contributed by atoms with van der Waals surface area (Å²) in [5, 5.41) is 0. The number of carbonyl (C=O) groups excluding carboxylic acids is 1. The molecule has 4 aromatic rings. The van der Waals surface area contributed by atoms with Crippen LogP contribution in [0.4, 0.5) is 4.39 Å². The number of halogens is 1. The lowest BCUT2D eigenvalue weighted by Gasteiger charge is -2.15. The maximum absolute atomic E-state index is 13.9. The molecule has 2 aromatic heterocycles. The van der Waals surface area contributed by atoms with Crippen molar-refractivity contribution in [2.45, 2.75) is 26.4 Å². The number of esters is 1. The van der Waals surface area contributed by atoms with Crippen LogP contribution in [0, 0.1) is 5.82 Å². The molecule has 32 heavy (non-hydrogen) atoms. The van der Waals surface area contributed by atoms with Gasteiger partial charge in [0, 0.05) is 12.6 Å². The zero-order chi connectivity index (χ0) is 23.0. The predicted octanol–water partition coefficient (Wildman–Crippen LogP) is 2.90. The van der Waals surface area contributed by atoms with E-state index in [4.69, 9.17) is 4.74 Å². The molecule has 8 nitrogen and oxygen atoms in total. The minimum absolute atomic E-state index is 0.147. The van der Waals surface area contributed by atoms with Gasteiger partial charge in [-0.05, 0) is 49.7 Å². The van der Waals surface area contributed by atoms with Crippen LogP contribution in [0.5, 0.6) is 0 Å². The van der Waals surface area contributed by atoms with E-state index in [1.54, 1.807) is 48.7 Å². The molecule has 0 atom stereocenters. The molecule has 0 amide bonds. The van der Waals surface area contributed by atoms with Crippen molar-refractivity contribution in [1.82, 2.24) is 18.7 Å². The molecule has 0 saturated heterocycles. The number of hydrogen-bond acceptors (Lipinski definition) is 5. The smallest absolute Gasteiger partial charge is 0.337 e. The number of aromatic nitrogens is 4. The standard InChI is InChI=1S/C23H21FN4O4/c1-14(2)27-21(29)19-20(28(23(27)31)18-6-4-5-17(24)11-18)25-13-26(19)12-15-7-9-16(10-8-15)22(30)32-3/h4-11,13-14H,12H2,1-3H3. The molecule has 0 fully saturated rings. The number of carbonyl (C=O) groups is 1. The fourth-order valence-corrected chi connectivity index (χ4v) is 3.64. The Morgan fingerprint density at radius 2 is 1.84 bits per heavy atom. The first-order valence-electron chi connectivity index (χ1n) is 9.97. The van der Waals surface area contributed by atoms with Gasteiger partial charge in [0.1, 0.15) is 5.82 Å². The summed E-state index contributed by atoms with van der Waals surface area (Å²) in [7, 11) is 1.31. The zero-order valence-electron chi connectivity index (χ0n) is 17.8. The average Bonchev–Trinajstić information content (AvgIpc) is 3.17. The monoisotopic (exact) mass is 436 g/mol. The Kier molecular flexibility index (Phi) is 5.48. The number of rotatable bonds is 5. The molecular weight excluding hydrogens is 415 g/mol. The highest BCUT2D eigenvalue weighted by Gasteiger charge is 2.21. The maximum Gasteiger partial charge on any atom is 0.337 e. The third-order valence-corrected chi connectivity index (χ3v) is 5.16. The van der Waals surface area contributed by atoms with E-state index < -0.39 is 29.1 Å². The minimum atomic E-state index is -0.587. The Hall–Kier alpha value is -4.01. The first-order valence-corrected chi connectivity index (χ1v) is 9.97. The SMILES string of the molecule is COC(=O)c1ccc(Cn2cnc3c2c(=O)n(C(C)C)c(=O)n3-c2cccc(F)c2)cc1. The molecular formula is C23H21FN4O4. The number of fused-ring (bicyclic) bond motifs is 1. The average molecular weight is 436 g/mol. The normalized spacial score (nSPS) is 11.3. The third kappa shape index (κ3) is 3.62. The topological polar surface area (TPSA) is 88.1 Å².